The van der Waals surface area contributed by atoms with E-state index in [9.17, 15) is 23.3 Å². The molecule has 12 heteroatoms. The molecule has 1 aliphatic heterocycles. The largest absolute Gasteiger partial charge is 0.755 e. The molecule has 1 heterocycles. The number of nitrogens with one attached hydrogen (secondary N) is 1. The van der Waals surface area contributed by atoms with Gasteiger partial charge < -0.3 is 26.1 Å². The molecule has 0 aliphatic carbocycles. The van der Waals surface area contributed by atoms with Crippen LogP contribution in [0.1, 0.15) is 12.5 Å². The molecule has 10 nitrogen and oxygen atoms in total. The summed E-state index contributed by atoms with van der Waals surface area (Å²) in [7, 11) is 1.26. The van der Waals surface area contributed by atoms with Crippen molar-refractivity contribution in [1.82, 2.24) is 0 Å². The Bertz CT molecular complexity index is 1080. The van der Waals surface area contributed by atoms with Crippen molar-refractivity contribution < 1.29 is 22.8 Å². The van der Waals surface area contributed by atoms with Gasteiger partial charge in [0.1, 0.15) is 11.6 Å². The molecular formula is C19H21FN5O5S-. The van der Waals surface area contributed by atoms with Crippen LogP contribution in [0.5, 0.6) is 5.75 Å². The number of hydrogen-bond acceptors (Lipinski definition) is 8. The van der Waals surface area contributed by atoms with Crippen LogP contribution < -0.4 is 25.8 Å². The normalized spacial score (nSPS) is 21.0. The molecule has 0 bridgehead atoms. The lowest BCUT2D eigenvalue weighted by Crippen LogP contribution is -2.38. The molecule has 3 unspecified atom stereocenters. The smallest absolute Gasteiger partial charge is 0.307 e. The maximum atomic E-state index is 14.0. The van der Waals surface area contributed by atoms with Gasteiger partial charge >= 0.3 is 5.69 Å². The fraction of sp³-hybridized carbons (Fsp3) is 0.263. The minimum atomic E-state index is -2.74. The number of nitro groups is 1. The van der Waals surface area contributed by atoms with Gasteiger partial charge in [0.25, 0.3) is 0 Å². The lowest BCUT2D eigenvalue weighted by molar-refractivity contribution is -0.387. The molecule has 0 saturated carbocycles. The minimum absolute atomic E-state index is 0.00413. The topological polar surface area (TPSA) is 160 Å². The van der Waals surface area contributed by atoms with Gasteiger partial charge in [0.2, 0.25) is 5.82 Å². The van der Waals surface area contributed by atoms with Gasteiger partial charge in [-0.15, -0.1) is 0 Å². The summed E-state index contributed by atoms with van der Waals surface area (Å²) in [4.78, 5) is 10.2. The van der Waals surface area contributed by atoms with Crippen molar-refractivity contribution in [2.75, 3.05) is 16.7 Å². The van der Waals surface area contributed by atoms with Crippen LogP contribution in [0.25, 0.3) is 0 Å². The molecule has 0 amide bonds. The Morgan fingerprint density at radius 1 is 1.39 bits per heavy atom. The predicted molar refractivity (Wildman–Crippen MR) is 113 cm³/mol. The van der Waals surface area contributed by atoms with Gasteiger partial charge in [-0.2, -0.15) is 4.39 Å². The second-order valence-corrected chi connectivity index (χ2v) is 7.78. The van der Waals surface area contributed by atoms with Crippen molar-refractivity contribution >= 4 is 28.3 Å². The van der Waals surface area contributed by atoms with E-state index in [2.05, 4.69) is 5.32 Å². The fourth-order valence-corrected chi connectivity index (χ4v) is 4.27. The van der Waals surface area contributed by atoms with Gasteiger partial charge in [0, 0.05) is 24.1 Å². The number of hydrogen-bond donors (Lipinski definition) is 3. The molecule has 3 atom stereocenters. The average molecular weight is 450 g/mol. The Labute approximate surface area is 180 Å². The van der Waals surface area contributed by atoms with Gasteiger partial charge in [-0.1, -0.05) is 25.1 Å². The SMILES string of the molecule is COc1cc(F)c([N+](=O)[O-])cc1NC(N)=C1C(C)C(N)Cc2ccccc2N1S(=O)[O-]. The highest BCUT2D eigenvalue weighted by molar-refractivity contribution is 7.80. The van der Waals surface area contributed by atoms with Crippen LogP contribution >= 0.6 is 0 Å². The maximum absolute atomic E-state index is 14.0. The quantitative estimate of drug-likeness (QED) is 0.355. The Kier molecular flexibility index (Phi) is 6.43. The third-order valence-electron chi connectivity index (χ3n) is 5.12. The van der Waals surface area contributed by atoms with E-state index in [1.54, 1.807) is 31.2 Å². The molecule has 0 radical (unpaired) electrons. The number of nitrogens with zero attached hydrogens (tertiary/aromatic N) is 2. The summed E-state index contributed by atoms with van der Waals surface area (Å²) in [6.45, 7) is 1.73. The van der Waals surface area contributed by atoms with Crippen molar-refractivity contribution in [3.05, 3.63) is 69.4 Å². The second kappa shape index (κ2) is 8.88. The first-order valence-electron chi connectivity index (χ1n) is 9.17. The van der Waals surface area contributed by atoms with Crippen molar-refractivity contribution in [2.45, 2.75) is 19.4 Å². The van der Waals surface area contributed by atoms with Gasteiger partial charge in [0.15, 0.2) is 0 Å². The Morgan fingerprint density at radius 2 is 2.06 bits per heavy atom. The summed E-state index contributed by atoms with van der Waals surface area (Å²) in [5.74, 6) is -1.77. The van der Waals surface area contributed by atoms with E-state index >= 15 is 0 Å². The fourth-order valence-electron chi connectivity index (χ4n) is 3.50. The zero-order valence-corrected chi connectivity index (χ0v) is 17.5. The number of methoxy groups -OCH3 is 1. The Morgan fingerprint density at radius 3 is 2.68 bits per heavy atom. The van der Waals surface area contributed by atoms with Crippen LogP contribution in [0.4, 0.5) is 21.5 Å². The molecular weight excluding hydrogens is 429 g/mol. The zero-order chi connectivity index (χ0) is 22.9. The maximum Gasteiger partial charge on any atom is 0.307 e. The number of para-hydroxylation sites is 1. The molecule has 0 spiro atoms. The Balaban J connectivity index is 2.18. The van der Waals surface area contributed by atoms with E-state index < -0.39 is 39.7 Å². The third kappa shape index (κ3) is 4.31. The molecule has 166 valence electrons. The van der Waals surface area contributed by atoms with Crippen molar-refractivity contribution in [2.24, 2.45) is 17.4 Å². The number of anilines is 2. The van der Waals surface area contributed by atoms with Crippen molar-refractivity contribution in [1.29, 1.82) is 0 Å². The van der Waals surface area contributed by atoms with E-state index in [0.717, 1.165) is 22.0 Å². The average Bonchev–Trinajstić information content (AvgIpc) is 2.83. The van der Waals surface area contributed by atoms with Gasteiger partial charge in [-0.3, -0.25) is 18.6 Å². The van der Waals surface area contributed by atoms with Crippen LogP contribution in [0, 0.1) is 21.8 Å². The number of rotatable bonds is 5. The number of nitrogens with two attached hydrogens (primary N) is 2. The van der Waals surface area contributed by atoms with Crippen LogP contribution in [0.3, 0.4) is 0 Å². The van der Waals surface area contributed by atoms with Gasteiger partial charge in [-0.25, -0.2) is 0 Å². The van der Waals surface area contributed by atoms with Crippen molar-refractivity contribution in [3.8, 4) is 5.75 Å². The predicted octanol–water partition coefficient (Wildman–Crippen LogP) is 2.10. The van der Waals surface area contributed by atoms with E-state index in [0.29, 0.717) is 12.1 Å². The summed E-state index contributed by atoms with van der Waals surface area (Å²) < 4.78 is 44.5. The van der Waals surface area contributed by atoms with Crippen LogP contribution in [0.15, 0.2) is 47.9 Å². The summed E-state index contributed by atoms with van der Waals surface area (Å²) in [5, 5.41) is 13.9. The highest BCUT2D eigenvalue weighted by atomic mass is 32.2. The number of ether oxygens (including phenoxy) is 1. The summed E-state index contributed by atoms with van der Waals surface area (Å²) in [6, 6.07) is 8.19. The lowest BCUT2D eigenvalue weighted by Gasteiger charge is -2.33. The number of halogens is 1. The molecule has 0 fully saturated rings. The summed E-state index contributed by atoms with van der Waals surface area (Å²) in [6.07, 6.45) is 0.410. The monoisotopic (exact) mass is 450 g/mol. The molecule has 31 heavy (non-hydrogen) atoms. The van der Waals surface area contributed by atoms with E-state index in [1.807, 2.05) is 0 Å². The summed E-state index contributed by atoms with van der Waals surface area (Å²) in [5.41, 5.74) is 13.0. The zero-order valence-electron chi connectivity index (χ0n) is 16.7. The molecule has 0 aromatic heterocycles. The molecule has 5 N–H and O–H groups in total. The highest BCUT2D eigenvalue weighted by Crippen LogP contribution is 2.37. The number of benzene rings is 2. The molecule has 2 aromatic carbocycles. The first kappa shape index (κ1) is 22.5. The standard InChI is InChI=1S/C19H22FN5O5S/c1-10-13(21)7-11-5-3-4-6-15(11)24(31(28)29)18(10)19(22)23-14-9-16(25(26)27)12(20)8-17(14)30-2/h3-6,8-10,13,23H,7,21-22H2,1-2H3,(H,28,29)/p-1. The third-order valence-corrected chi connectivity index (χ3v) is 5.81. The minimum Gasteiger partial charge on any atom is -0.755 e. The highest BCUT2D eigenvalue weighted by Gasteiger charge is 2.32. The van der Waals surface area contributed by atoms with Gasteiger partial charge in [-0.05, 0) is 18.1 Å². The van der Waals surface area contributed by atoms with Crippen LogP contribution in [-0.4, -0.2) is 26.8 Å². The second-order valence-electron chi connectivity index (χ2n) is 6.98. The molecule has 2 aromatic rings. The van der Waals surface area contributed by atoms with E-state index in [4.69, 9.17) is 16.2 Å². The van der Waals surface area contributed by atoms with Crippen molar-refractivity contribution in [3.63, 3.8) is 0 Å². The van der Waals surface area contributed by atoms with E-state index in [-0.39, 0.29) is 23.0 Å². The molecule has 1 aliphatic rings. The summed E-state index contributed by atoms with van der Waals surface area (Å²) >= 11 is -2.74. The number of fused-ring (bicyclic) bond motifs is 1. The first-order chi connectivity index (χ1) is 14.6. The Hall–Kier alpha value is -3.22. The van der Waals surface area contributed by atoms with Crippen LogP contribution in [0.2, 0.25) is 0 Å². The molecule has 0 saturated heterocycles. The molecule has 3 rings (SSSR count). The number of nitro benzene ring substituents is 1. The van der Waals surface area contributed by atoms with E-state index in [1.165, 1.54) is 7.11 Å². The first-order valence-corrected chi connectivity index (χ1v) is 10.2. The lowest BCUT2D eigenvalue weighted by atomic mass is 9.95. The van der Waals surface area contributed by atoms with Gasteiger partial charge in [0.05, 0.1) is 40.4 Å². The van der Waals surface area contributed by atoms with Crippen LogP contribution in [-0.2, 0) is 17.7 Å².